The van der Waals surface area contributed by atoms with Gasteiger partial charge in [0.05, 0.1) is 33.3 Å². The molecule has 0 spiro atoms. The monoisotopic (exact) mass is 961 g/mol. The van der Waals surface area contributed by atoms with Crippen molar-refractivity contribution in [3.63, 3.8) is 0 Å². The summed E-state index contributed by atoms with van der Waals surface area (Å²) < 4.78 is 162. The van der Waals surface area contributed by atoms with Gasteiger partial charge in [-0.2, -0.15) is 0 Å². The van der Waals surface area contributed by atoms with Gasteiger partial charge in [-0.1, -0.05) is 186 Å². The highest BCUT2D eigenvalue weighted by atomic mass is 32.1. The van der Waals surface area contributed by atoms with E-state index in [1.54, 1.807) is 46.4 Å². The van der Waals surface area contributed by atoms with Crippen LogP contribution in [0.4, 0.5) is 34.4 Å². The van der Waals surface area contributed by atoms with E-state index in [1.807, 2.05) is 90.0 Å². The van der Waals surface area contributed by atoms with Crippen LogP contribution < -0.4 is 25.5 Å². The maximum atomic E-state index is 10.7. The Labute approximate surface area is 448 Å². The summed E-state index contributed by atoms with van der Waals surface area (Å²) in [6.45, 7) is 34.2. The number of hydrogen-bond acceptors (Lipinski definition) is 5. The highest BCUT2D eigenvalue weighted by Gasteiger charge is 2.49. The van der Waals surface area contributed by atoms with Gasteiger partial charge in [0.1, 0.15) is 17.5 Å². The van der Waals surface area contributed by atoms with Gasteiger partial charge >= 0.3 is 0 Å². The van der Waals surface area contributed by atoms with E-state index in [4.69, 9.17) is 9.97 Å². The van der Waals surface area contributed by atoms with Crippen molar-refractivity contribution >= 4 is 78.2 Å². The minimum absolute atomic E-state index is 0.0359. The molecule has 0 fully saturated rings. The van der Waals surface area contributed by atoms with Crippen LogP contribution in [0.1, 0.15) is 206 Å². The van der Waals surface area contributed by atoms with Crippen LogP contribution in [0.2, 0.25) is 0 Å². The minimum Gasteiger partial charge on any atom is -0.295 e. The maximum Gasteiger partial charge on any atom is 0.268 e. The van der Waals surface area contributed by atoms with Crippen molar-refractivity contribution in [1.29, 1.82) is 0 Å². The smallest absolute Gasteiger partial charge is 0.268 e. The summed E-state index contributed by atoms with van der Waals surface area (Å²) in [6, 6.07) is -5.08. The third-order valence-corrected chi connectivity index (χ3v) is 15.4. The van der Waals surface area contributed by atoms with Crippen LogP contribution >= 0.6 is 11.3 Å². The molecule has 362 valence electrons. The quantitative estimate of drug-likeness (QED) is 0.165. The second-order valence-electron chi connectivity index (χ2n) is 26.2. The lowest BCUT2D eigenvalue weighted by Gasteiger charge is -2.44. The van der Waals surface area contributed by atoms with E-state index in [0.717, 1.165) is 11.3 Å². The third kappa shape index (κ3) is 7.94. The van der Waals surface area contributed by atoms with Gasteiger partial charge in [0.2, 0.25) is 0 Å². The Morgan fingerprint density at radius 3 is 1.63 bits per heavy atom. The summed E-state index contributed by atoms with van der Waals surface area (Å²) in [6.07, 6.45) is 1.33. The van der Waals surface area contributed by atoms with Crippen LogP contribution in [-0.4, -0.2) is 16.7 Å². The molecule has 0 atom stereocenters. The molecular formula is C64H77BN4S. The molecule has 5 aromatic carbocycles. The van der Waals surface area contributed by atoms with Gasteiger partial charge in [-0.25, -0.2) is 9.97 Å². The van der Waals surface area contributed by atoms with Crippen LogP contribution in [0.15, 0.2) is 96.7 Å². The van der Waals surface area contributed by atoms with Gasteiger partial charge < -0.3 is 0 Å². The third-order valence-electron chi connectivity index (χ3n) is 14.2. The number of hydrogen-bond donors (Lipinski definition) is 0. The zero-order chi connectivity index (χ0) is 64.6. The summed E-state index contributed by atoms with van der Waals surface area (Å²) in [4.78, 5) is 14.0. The molecule has 70 heavy (non-hydrogen) atoms. The molecule has 0 unspecified atom stereocenters. The topological polar surface area (TPSA) is 32.3 Å². The average molecular weight is 961 g/mol. The van der Waals surface area contributed by atoms with E-state index in [9.17, 15) is 21.9 Å². The van der Waals surface area contributed by atoms with Crippen molar-refractivity contribution in [2.45, 2.75) is 182 Å². The van der Waals surface area contributed by atoms with E-state index in [0.29, 0.717) is 28.7 Å². The predicted molar refractivity (Wildman–Crippen MR) is 306 cm³/mol. The lowest BCUT2D eigenvalue weighted by atomic mass is 9.36. The second-order valence-corrected chi connectivity index (χ2v) is 27.3. The Hall–Kier alpha value is -5.20. The highest BCUT2D eigenvalue weighted by Crippen LogP contribution is 2.52. The molecule has 0 bridgehead atoms. The van der Waals surface area contributed by atoms with Crippen molar-refractivity contribution in [3.05, 3.63) is 136 Å². The molecule has 2 aliphatic heterocycles. The van der Waals surface area contributed by atoms with Gasteiger partial charge in [0.15, 0.2) is 0 Å². The number of nitrogens with zero attached hydrogens (tertiary/aromatic N) is 4. The van der Waals surface area contributed by atoms with E-state index < -0.39 is 80.9 Å². The Kier molecular flexibility index (Phi) is 7.31. The van der Waals surface area contributed by atoms with Gasteiger partial charge in [0.25, 0.3) is 6.71 Å². The van der Waals surface area contributed by atoms with Crippen molar-refractivity contribution in [2.24, 2.45) is 0 Å². The molecule has 0 saturated carbocycles. The largest absolute Gasteiger partial charge is 0.295 e. The zero-order valence-corrected chi connectivity index (χ0v) is 45.5. The number of anilines is 6. The molecule has 2 aromatic heterocycles. The van der Waals surface area contributed by atoms with Crippen LogP contribution in [0.3, 0.4) is 0 Å². The first-order valence-corrected chi connectivity index (χ1v) is 25.5. The average Bonchev–Trinajstić information content (AvgIpc) is 1.15. The number of fused-ring (bicyclic) bond motifs is 7. The molecule has 4 heterocycles. The Bertz CT molecular complexity index is 4160. The molecule has 0 amide bonds. The second kappa shape index (κ2) is 15.7. The summed E-state index contributed by atoms with van der Waals surface area (Å²) in [5, 5.41) is 0.213. The van der Waals surface area contributed by atoms with Crippen molar-refractivity contribution in [2.75, 3.05) is 9.80 Å². The van der Waals surface area contributed by atoms with E-state index >= 15 is 0 Å². The zero-order valence-electron chi connectivity index (χ0n) is 60.7. The van der Waals surface area contributed by atoms with Crippen molar-refractivity contribution < 1.29 is 21.9 Å². The molecule has 10 rings (SSSR count). The fraction of sp³-hybridized carbons (Fsp3) is 0.438. The van der Waals surface area contributed by atoms with Crippen LogP contribution in [-0.2, 0) is 37.9 Å². The summed E-state index contributed by atoms with van der Waals surface area (Å²) >= 11 is 1.09. The predicted octanol–water partition coefficient (Wildman–Crippen LogP) is 16.3. The van der Waals surface area contributed by atoms with Gasteiger partial charge in [-0.05, 0) is 132 Å². The number of thiophene rings is 1. The molecule has 1 aliphatic carbocycles. The fourth-order valence-electron chi connectivity index (χ4n) is 9.66. The van der Waals surface area contributed by atoms with E-state index in [-0.39, 0.29) is 155 Å². The molecule has 6 heteroatoms. The number of benzene rings is 5. The highest BCUT2D eigenvalue weighted by molar-refractivity contribution is 7.33. The van der Waals surface area contributed by atoms with Gasteiger partial charge in [-0.3, -0.25) is 9.80 Å². The number of rotatable bonds is 3. The molecule has 3 aliphatic rings. The molecule has 7 aromatic rings. The van der Waals surface area contributed by atoms with Crippen molar-refractivity contribution in [3.8, 4) is 11.1 Å². The lowest BCUT2D eigenvalue weighted by molar-refractivity contribution is 0.332. The molecule has 0 radical (unpaired) electrons. The minimum atomic E-state index is -1.23. The van der Waals surface area contributed by atoms with Crippen LogP contribution in [0.25, 0.3) is 21.2 Å². The Morgan fingerprint density at radius 1 is 0.529 bits per heavy atom. The Morgan fingerprint density at radius 2 is 1.04 bits per heavy atom. The van der Waals surface area contributed by atoms with E-state index in [1.165, 1.54) is 4.90 Å². The van der Waals surface area contributed by atoms with Crippen LogP contribution in [0.5, 0.6) is 0 Å². The lowest BCUT2D eigenvalue weighted by Crippen LogP contribution is -2.61. The summed E-state index contributed by atoms with van der Waals surface area (Å²) in [5.41, 5.74) is -5.03. The van der Waals surface area contributed by atoms with Crippen molar-refractivity contribution in [1.82, 2.24) is 9.97 Å². The maximum absolute atomic E-state index is 10.7. The van der Waals surface area contributed by atoms with Gasteiger partial charge in [-0.15, -0.1) is 11.3 Å². The van der Waals surface area contributed by atoms with Gasteiger partial charge in [0, 0.05) is 42.7 Å². The normalized spacial score (nSPS) is 19.7. The first-order valence-electron chi connectivity index (χ1n) is 32.7. The molecule has 4 nitrogen and oxygen atoms in total. The first-order chi connectivity index (χ1) is 39.1. The molecular weight excluding hydrogens is 868 g/mol. The van der Waals surface area contributed by atoms with Crippen LogP contribution in [0, 0.1) is 0 Å². The standard InChI is InChI=1S/C64H77BN4S/c1-58(2,3)39-22-20-38(21-23-39)44-34-40(59(4,5)6)24-29-49(44)69-50-30-25-42(61(10,11)12)36-48(50)65-52-55(66-57(62(13,14)15)67-56(52)69)68(43-27-28-46-47(37-43)64(18,19)33-32-63(46,16)17)53-45-35-41(60(7,8)9)26-31-51(45)70-54(53)65/h20-31,34-37H,32-33H2,1-19H3/i20D,21D,22D,23D,24D,25D,26D,27D,28D,29D,30D,31D,34D,35D,36D,37D. The van der Waals surface area contributed by atoms with E-state index in [2.05, 4.69) is 0 Å². The first kappa shape index (κ1) is 32.7. The summed E-state index contributed by atoms with van der Waals surface area (Å²) in [7, 11) is 0. The fourth-order valence-corrected chi connectivity index (χ4v) is 10.9. The molecule has 0 saturated heterocycles. The summed E-state index contributed by atoms with van der Waals surface area (Å²) in [5.74, 6) is 0.0996. The number of aromatic nitrogens is 2. The Balaban J connectivity index is 1.55. The SMILES string of the molecule is [2H]c1c([2H])c(C(C)(C)C)c([2H])c([2H])c1-c1c([2H])c(C(C)(C)C)c([2H])c([2H])c1N1c2nc(C(C)(C)C)nc3c2B(c2sc4c([2H])c([2H])c(C(C)(C)C)c([2H])c4c2N3c2c([2H])c([2H])c3c(c2[2H])C(C)(C)CCC3(C)C)c2c([2H])c(C(C)(C)C)c([2H])c([2H])c21. The molecule has 0 N–H and O–H groups in total.